The molecule has 0 aliphatic carbocycles. The van der Waals surface area contributed by atoms with Gasteiger partial charge in [-0.05, 0) is 41.8 Å². The molecule has 0 radical (unpaired) electrons. The molecule has 146 valence electrons. The molecule has 4 rings (SSSR count). The average Bonchev–Trinajstić information content (AvgIpc) is 3.45. The van der Waals surface area contributed by atoms with Gasteiger partial charge in [0.1, 0.15) is 16.6 Å². The molecule has 6 nitrogen and oxygen atoms in total. The molecule has 2 aromatic heterocycles. The predicted octanol–water partition coefficient (Wildman–Crippen LogP) is 4.25. The summed E-state index contributed by atoms with van der Waals surface area (Å²) in [4.78, 5) is 19.3. The van der Waals surface area contributed by atoms with Crippen LogP contribution < -0.4 is 10.2 Å². The van der Waals surface area contributed by atoms with Crippen molar-refractivity contribution in [1.82, 2.24) is 4.98 Å². The van der Waals surface area contributed by atoms with E-state index in [2.05, 4.69) is 15.2 Å². The zero-order chi connectivity index (χ0) is 20.1. The molecule has 1 amide bonds. The van der Waals surface area contributed by atoms with Gasteiger partial charge in [-0.15, -0.1) is 11.3 Å². The fourth-order valence-corrected chi connectivity index (χ4v) is 4.43. The van der Waals surface area contributed by atoms with Crippen LogP contribution in [0.2, 0.25) is 0 Å². The van der Waals surface area contributed by atoms with Gasteiger partial charge < -0.3 is 15.0 Å². The highest BCUT2D eigenvalue weighted by Crippen LogP contribution is 2.26. The number of amides is 1. The van der Waals surface area contributed by atoms with Crippen LogP contribution in [0, 0.1) is 11.3 Å². The van der Waals surface area contributed by atoms with Crippen molar-refractivity contribution < 1.29 is 9.53 Å². The van der Waals surface area contributed by atoms with E-state index < -0.39 is 5.91 Å². The Morgan fingerprint density at radius 2 is 2.00 bits per heavy atom. The molecule has 0 spiro atoms. The Morgan fingerprint density at radius 1 is 1.21 bits per heavy atom. The largest absolute Gasteiger partial charge is 0.378 e. The average molecular weight is 423 g/mol. The Morgan fingerprint density at radius 3 is 2.69 bits per heavy atom. The van der Waals surface area contributed by atoms with Gasteiger partial charge in [-0.25, -0.2) is 4.98 Å². The summed E-state index contributed by atoms with van der Waals surface area (Å²) in [6.45, 7) is 3.15. The quantitative estimate of drug-likeness (QED) is 0.491. The number of carbonyl (C=O) groups is 1. The molecule has 29 heavy (non-hydrogen) atoms. The van der Waals surface area contributed by atoms with Gasteiger partial charge in [-0.3, -0.25) is 4.79 Å². The highest BCUT2D eigenvalue weighted by Gasteiger charge is 2.13. The van der Waals surface area contributed by atoms with E-state index in [1.807, 2.05) is 52.5 Å². The van der Waals surface area contributed by atoms with E-state index >= 15 is 0 Å². The number of rotatable bonds is 5. The molecule has 3 heterocycles. The Hall–Kier alpha value is -2.99. The zero-order valence-corrected chi connectivity index (χ0v) is 17.1. The highest BCUT2D eigenvalue weighted by atomic mass is 32.1. The van der Waals surface area contributed by atoms with E-state index in [-0.39, 0.29) is 5.57 Å². The van der Waals surface area contributed by atoms with E-state index in [9.17, 15) is 10.1 Å². The van der Waals surface area contributed by atoms with Crippen LogP contribution in [-0.4, -0.2) is 37.2 Å². The summed E-state index contributed by atoms with van der Waals surface area (Å²) < 4.78 is 5.37. The van der Waals surface area contributed by atoms with Gasteiger partial charge in [0.25, 0.3) is 5.91 Å². The number of ether oxygens (including phenoxy) is 1. The van der Waals surface area contributed by atoms with Crippen molar-refractivity contribution in [3.8, 4) is 16.6 Å². The number of nitrogens with zero attached hydrogens (tertiary/aromatic N) is 3. The van der Waals surface area contributed by atoms with Gasteiger partial charge in [0.05, 0.1) is 18.9 Å². The maximum absolute atomic E-state index is 12.5. The summed E-state index contributed by atoms with van der Waals surface area (Å²) in [6.07, 6.45) is 1.52. The van der Waals surface area contributed by atoms with Crippen molar-refractivity contribution in [1.29, 1.82) is 5.26 Å². The van der Waals surface area contributed by atoms with Crippen LogP contribution in [0.4, 0.5) is 11.4 Å². The predicted molar refractivity (Wildman–Crippen MR) is 117 cm³/mol. The van der Waals surface area contributed by atoms with Gasteiger partial charge >= 0.3 is 0 Å². The summed E-state index contributed by atoms with van der Waals surface area (Å²) in [7, 11) is 0. The normalized spacial score (nSPS) is 14.4. The van der Waals surface area contributed by atoms with Crippen LogP contribution in [0.25, 0.3) is 16.6 Å². The minimum absolute atomic E-state index is 0.0180. The van der Waals surface area contributed by atoms with Crippen LogP contribution in [0.15, 0.2) is 52.0 Å². The highest BCUT2D eigenvalue weighted by molar-refractivity contribution is 7.14. The number of nitrogens with one attached hydrogen (secondary N) is 1. The maximum atomic E-state index is 12.5. The third kappa shape index (κ3) is 4.71. The molecule has 0 saturated carbocycles. The zero-order valence-electron chi connectivity index (χ0n) is 15.5. The number of thiazole rings is 1. The van der Waals surface area contributed by atoms with Crippen LogP contribution in [0.3, 0.4) is 0 Å². The van der Waals surface area contributed by atoms with Crippen molar-refractivity contribution in [2.45, 2.75) is 0 Å². The molecule has 1 aliphatic rings. The van der Waals surface area contributed by atoms with Crippen LogP contribution in [0.5, 0.6) is 0 Å². The fraction of sp³-hybridized carbons (Fsp3) is 0.190. The number of hydrogen-bond acceptors (Lipinski definition) is 7. The minimum Gasteiger partial charge on any atom is -0.378 e. The Labute approximate surface area is 176 Å². The Kier molecular flexibility index (Phi) is 6.00. The second-order valence-corrected chi connectivity index (χ2v) is 8.00. The van der Waals surface area contributed by atoms with E-state index in [1.54, 1.807) is 11.3 Å². The third-order valence-electron chi connectivity index (χ3n) is 4.45. The van der Waals surface area contributed by atoms with E-state index in [0.717, 1.165) is 42.6 Å². The lowest BCUT2D eigenvalue weighted by molar-refractivity contribution is -0.112. The van der Waals surface area contributed by atoms with Gasteiger partial charge in [0.2, 0.25) is 0 Å². The molecule has 8 heteroatoms. The summed E-state index contributed by atoms with van der Waals surface area (Å²) in [5.41, 5.74) is 3.40. The molecule has 1 N–H and O–H groups in total. The topological polar surface area (TPSA) is 78.2 Å². The standard InChI is InChI=1S/C21H18N4O2S2/c22-12-16(11-18-14-29-21(24-18)15-5-10-28-13-15)20(26)23-17-1-3-19(4-2-17)25-6-8-27-9-7-25/h1-5,10-11,13-14H,6-9H2,(H,23,26)/b16-11-. The molecule has 1 aromatic carbocycles. The number of aromatic nitrogens is 1. The first kappa shape index (κ1) is 19.3. The van der Waals surface area contributed by atoms with Gasteiger partial charge in [-0.1, -0.05) is 0 Å². The van der Waals surface area contributed by atoms with Crippen LogP contribution >= 0.6 is 22.7 Å². The first-order valence-corrected chi connectivity index (χ1v) is 10.9. The van der Waals surface area contributed by atoms with E-state index in [1.165, 1.54) is 17.4 Å². The second kappa shape index (κ2) is 9.01. The van der Waals surface area contributed by atoms with Crippen LogP contribution in [0.1, 0.15) is 5.69 Å². The van der Waals surface area contributed by atoms with Crippen molar-refractivity contribution in [2.75, 3.05) is 36.5 Å². The van der Waals surface area contributed by atoms with Crippen molar-refractivity contribution >= 4 is 46.0 Å². The number of morpholine rings is 1. The van der Waals surface area contributed by atoms with Gasteiger partial charge in [0.15, 0.2) is 0 Å². The summed E-state index contributed by atoms with van der Waals surface area (Å²) in [5.74, 6) is -0.447. The number of hydrogen-bond donors (Lipinski definition) is 1. The van der Waals surface area contributed by atoms with Gasteiger partial charge in [0, 0.05) is 40.8 Å². The lowest BCUT2D eigenvalue weighted by atomic mass is 10.2. The van der Waals surface area contributed by atoms with Crippen molar-refractivity contribution in [3.05, 3.63) is 57.7 Å². The van der Waals surface area contributed by atoms with E-state index in [4.69, 9.17) is 4.74 Å². The maximum Gasteiger partial charge on any atom is 0.266 e. The molecule has 3 aromatic rings. The number of anilines is 2. The molecule has 1 fully saturated rings. The number of carbonyl (C=O) groups excluding carboxylic acids is 1. The summed E-state index contributed by atoms with van der Waals surface area (Å²) in [5, 5.41) is 18.9. The Bertz CT molecular complexity index is 1040. The Balaban J connectivity index is 1.43. The molecule has 0 unspecified atom stereocenters. The molecule has 1 aliphatic heterocycles. The first-order chi connectivity index (χ1) is 14.2. The summed E-state index contributed by atoms with van der Waals surface area (Å²) in [6, 6.07) is 11.6. The smallest absolute Gasteiger partial charge is 0.266 e. The van der Waals surface area contributed by atoms with Crippen molar-refractivity contribution in [3.63, 3.8) is 0 Å². The summed E-state index contributed by atoms with van der Waals surface area (Å²) >= 11 is 3.09. The van der Waals surface area contributed by atoms with Crippen LogP contribution in [-0.2, 0) is 9.53 Å². The monoisotopic (exact) mass is 422 g/mol. The lowest BCUT2D eigenvalue weighted by Crippen LogP contribution is -2.36. The lowest BCUT2D eigenvalue weighted by Gasteiger charge is -2.28. The van der Waals surface area contributed by atoms with Gasteiger partial charge in [-0.2, -0.15) is 16.6 Å². The molecular formula is C21H18N4O2S2. The molecular weight excluding hydrogens is 404 g/mol. The third-order valence-corrected chi connectivity index (χ3v) is 6.04. The van der Waals surface area contributed by atoms with E-state index in [0.29, 0.717) is 11.4 Å². The fourth-order valence-electron chi connectivity index (χ4n) is 2.94. The van der Waals surface area contributed by atoms with Crippen molar-refractivity contribution in [2.24, 2.45) is 0 Å². The SMILES string of the molecule is N#C/C(=C/c1csc(-c2ccsc2)n1)C(=O)Nc1ccc(N2CCOCC2)cc1. The number of thiophene rings is 1. The molecule has 0 atom stereocenters. The molecule has 0 bridgehead atoms. The molecule has 1 saturated heterocycles. The number of benzene rings is 1. The second-order valence-electron chi connectivity index (χ2n) is 6.36. The first-order valence-electron chi connectivity index (χ1n) is 9.07. The number of nitriles is 1. The minimum atomic E-state index is -0.447.